The van der Waals surface area contributed by atoms with E-state index in [0.29, 0.717) is 4.47 Å². The Balaban J connectivity index is 1.51. The monoisotopic (exact) mass is 341 g/mol. The highest BCUT2D eigenvalue weighted by Gasteiger charge is 2.25. The van der Waals surface area contributed by atoms with E-state index in [1.54, 1.807) is 12.1 Å². The highest BCUT2D eigenvalue weighted by atomic mass is 79.9. The highest BCUT2D eigenvalue weighted by molar-refractivity contribution is 9.10. The number of piperazine rings is 1. The molecular formula is C15H21BrFN3. The summed E-state index contributed by atoms with van der Waals surface area (Å²) in [6, 6.07) is 6.16. The van der Waals surface area contributed by atoms with Crippen molar-refractivity contribution in [3.8, 4) is 0 Å². The maximum Gasteiger partial charge on any atom is 0.137 e. The van der Waals surface area contributed by atoms with Gasteiger partial charge in [0, 0.05) is 45.3 Å². The molecule has 3 nitrogen and oxygen atoms in total. The van der Waals surface area contributed by atoms with Crippen LogP contribution in [0.1, 0.15) is 12.0 Å². The average molecular weight is 342 g/mol. The van der Waals surface area contributed by atoms with Gasteiger partial charge >= 0.3 is 0 Å². The Hall–Kier alpha value is -0.490. The summed E-state index contributed by atoms with van der Waals surface area (Å²) in [5, 5.41) is 3.43. The predicted molar refractivity (Wildman–Crippen MR) is 82.2 cm³/mol. The third kappa shape index (κ3) is 3.39. The van der Waals surface area contributed by atoms with E-state index in [2.05, 4.69) is 31.0 Å². The van der Waals surface area contributed by atoms with Crippen LogP contribution in [0.4, 0.5) is 4.39 Å². The summed E-state index contributed by atoms with van der Waals surface area (Å²) in [5.74, 6) is -0.168. The molecule has 0 aromatic heterocycles. The van der Waals surface area contributed by atoms with Crippen molar-refractivity contribution in [1.29, 1.82) is 0 Å². The third-order valence-corrected chi connectivity index (χ3v) is 4.99. The van der Waals surface area contributed by atoms with E-state index >= 15 is 0 Å². The van der Waals surface area contributed by atoms with Crippen LogP contribution in [-0.4, -0.2) is 55.1 Å². The molecule has 2 fully saturated rings. The Morgan fingerprint density at radius 1 is 1.25 bits per heavy atom. The number of rotatable bonds is 3. The van der Waals surface area contributed by atoms with Crippen molar-refractivity contribution in [1.82, 2.24) is 15.1 Å². The van der Waals surface area contributed by atoms with E-state index in [4.69, 9.17) is 0 Å². The lowest BCUT2D eigenvalue weighted by atomic mass is 10.1. The molecular weight excluding hydrogens is 321 g/mol. The minimum Gasteiger partial charge on any atom is -0.315 e. The first kappa shape index (κ1) is 14.4. The van der Waals surface area contributed by atoms with Gasteiger partial charge in [0.1, 0.15) is 5.82 Å². The van der Waals surface area contributed by atoms with E-state index < -0.39 is 0 Å². The SMILES string of the molecule is Fc1cc(CN2CCN(C3CCNC3)CC2)ccc1Br. The summed E-state index contributed by atoms with van der Waals surface area (Å²) in [4.78, 5) is 5.01. The first-order chi connectivity index (χ1) is 9.72. The van der Waals surface area contributed by atoms with Crippen molar-refractivity contribution in [3.05, 3.63) is 34.1 Å². The number of hydrogen-bond donors (Lipinski definition) is 1. The molecule has 0 bridgehead atoms. The Morgan fingerprint density at radius 3 is 2.70 bits per heavy atom. The standard InChI is InChI=1S/C15H21BrFN3/c16-14-2-1-12(9-15(14)17)11-19-5-7-20(8-6-19)13-3-4-18-10-13/h1-2,9,13,18H,3-8,10-11H2. The number of nitrogens with one attached hydrogen (secondary N) is 1. The number of benzene rings is 1. The van der Waals surface area contributed by atoms with Crippen molar-refractivity contribution in [3.63, 3.8) is 0 Å². The summed E-state index contributed by atoms with van der Waals surface area (Å²) in [7, 11) is 0. The van der Waals surface area contributed by atoms with Crippen LogP contribution in [0.2, 0.25) is 0 Å². The van der Waals surface area contributed by atoms with Gasteiger partial charge in [-0.25, -0.2) is 4.39 Å². The predicted octanol–water partition coefficient (Wildman–Crippen LogP) is 2.07. The summed E-state index contributed by atoms with van der Waals surface area (Å²) in [6.45, 7) is 7.56. The zero-order valence-corrected chi connectivity index (χ0v) is 13.2. The molecule has 1 N–H and O–H groups in total. The maximum atomic E-state index is 13.5. The van der Waals surface area contributed by atoms with Crippen LogP contribution in [0.15, 0.2) is 22.7 Å². The van der Waals surface area contributed by atoms with Gasteiger partial charge in [-0.3, -0.25) is 9.80 Å². The lowest BCUT2D eigenvalue weighted by Crippen LogP contribution is -2.50. The van der Waals surface area contributed by atoms with Gasteiger partial charge in [-0.05, 0) is 46.6 Å². The zero-order chi connectivity index (χ0) is 13.9. The van der Waals surface area contributed by atoms with Crippen LogP contribution >= 0.6 is 15.9 Å². The van der Waals surface area contributed by atoms with E-state index in [1.807, 2.05) is 6.07 Å². The molecule has 2 saturated heterocycles. The normalized spacial score (nSPS) is 25.2. The van der Waals surface area contributed by atoms with Crippen molar-refractivity contribution < 1.29 is 4.39 Å². The van der Waals surface area contributed by atoms with Gasteiger partial charge < -0.3 is 5.32 Å². The van der Waals surface area contributed by atoms with Gasteiger partial charge in [-0.1, -0.05) is 6.07 Å². The molecule has 0 radical (unpaired) electrons. The summed E-state index contributed by atoms with van der Waals surface area (Å²) < 4.78 is 14.1. The fourth-order valence-corrected chi connectivity index (χ4v) is 3.38. The molecule has 0 amide bonds. The zero-order valence-electron chi connectivity index (χ0n) is 11.6. The molecule has 110 valence electrons. The molecule has 0 spiro atoms. The Morgan fingerprint density at radius 2 is 2.05 bits per heavy atom. The van der Waals surface area contributed by atoms with E-state index in [1.165, 1.54) is 6.42 Å². The van der Waals surface area contributed by atoms with E-state index in [-0.39, 0.29) is 5.82 Å². The summed E-state index contributed by atoms with van der Waals surface area (Å²) >= 11 is 3.20. The Labute approximate surface area is 128 Å². The second-order valence-corrected chi connectivity index (χ2v) is 6.56. The molecule has 1 aromatic rings. The summed E-state index contributed by atoms with van der Waals surface area (Å²) in [6.07, 6.45) is 1.28. The molecule has 2 aliphatic rings. The van der Waals surface area contributed by atoms with E-state index in [9.17, 15) is 4.39 Å². The van der Waals surface area contributed by atoms with Crippen molar-refractivity contribution in [2.24, 2.45) is 0 Å². The van der Waals surface area contributed by atoms with Crippen LogP contribution in [0.3, 0.4) is 0 Å². The molecule has 2 heterocycles. The first-order valence-electron chi connectivity index (χ1n) is 7.33. The van der Waals surface area contributed by atoms with Crippen LogP contribution in [0, 0.1) is 5.82 Å². The molecule has 1 unspecified atom stereocenters. The average Bonchev–Trinajstić information content (AvgIpc) is 2.98. The lowest BCUT2D eigenvalue weighted by molar-refractivity contribution is 0.0981. The smallest absolute Gasteiger partial charge is 0.137 e. The highest BCUT2D eigenvalue weighted by Crippen LogP contribution is 2.18. The molecule has 5 heteroatoms. The summed E-state index contributed by atoms with van der Waals surface area (Å²) in [5.41, 5.74) is 1.06. The van der Waals surface area contributed by atoms with Gasteiger partial charge in [0.15, 0.2) is 0 Å². The number of hydrogen-bond acceptors (Lipinski definition) is 3. The second-order valence-electron chi connectivity index (χ2n) is 5.71. The molecule has 0 saturated carbocycles. The number of halogens is 2. The van der Waals surface area contributed by atoms with Crippen LogP contribution in [0.25, 0.3) is 0 Å². The van der Waals surface area contributed by atoms with Crippen molar-refractivity contribution in [2.45, 2.75) is 19.0 Å². The van der Waals surface area contributed by atoms with Gasteiger partial charge in [-0.2, -0.15) is 0 Å². The first-order valence-corrected chi connectivity index (χ1v) is 8.13. The topological polar surface area (TPSA) is 18.5 Å². The van der Waals surface area contributed by atoms with Crippen LogP contribution in [-0.2, 0) is 6.54 Å². The minimum atomic E-state index is -0.168. The second kappa shape index (κ2) is 6.52. The van der Waals surface area contributed by atoms with Gasteiger partial charge in [0.25, 0.3) is 0 Å². The van der Waals surface area contributed by atoms with Crippen LogP contribution in [0.5, 0.6) is 0 Å². The van der Waals surface area contributed by atoms with E-state index in [0.717, 1.165) is 57.4 Å². The molecule has 20 heavy (non-hydrogen) atoms. The fourth-order valence-electron chi connectivity index (χ4n) is 3.13. The fraction of sp³-hybridized carbons (Fsp3) is 0.600. The molecule has 3 rings (SSSR count). The lowest BCUT2D eigenvalue weighted by Gasteiger charge is -2.37. The Bertz CT molecular complexity index is 454. The van der Waals surface area contributed by atoms with Gasteiger partial charge in [0.05, 0.1) is 4.47 Å². The third-order valence-electron chi connectivity index (χ3n) is 4.35. The molecule has 1 atom stereocenters. The van der Waals surface area contributed by atoms with Gasteiger partial charge in [0.2, 0.25) is 0 Å². The van der Waals surface area contributed by atoms with Crippen molar-refractivity contribution in [2.75, 3.05) is 39.3 Å². The van der Waals surface area contributed by atoms with Gasteiger partial charge in [-0.15, -0.1) is 0 Å². The molecule has 1 aromatic carbocycles. The number of nitrogens with zero attached hydrogens (tertiary/aromatic N) is 2. The quantitative estimate of drug-likeness (QED) is 0.907. The molecule has 2 aliphatic heterocycles. The van der Waals surface area contributed by atoms with Crippen LogP contribution < -0.4 is 5.32 Å². The maximum absolute atomic E-state index is 13.5. The molecule has 0 aliphatic carbocycles. The van der Waals surface area contributed by atoms with Crippen molar-refractivity contribution >= 4 is 15.9 Å². The largest absolute Gasteiger partial charge is 0.315 e. The Kier molecular flexibility index (Phi) is 4.71. The minimum absolute atomic E-state index is 0.168.